The Labute approximate surface area is 211 Å². The molecule has 2 saturated heterocycles. The predicted octanol–water partition coefficient (Wildman–Crippen LogP) is 6.31. The average molecular weight is 490 g/mol. The van der Waals surface area contributed by atoms with E-state index in [2.05, 4.69) is 15.9 Å². The van der Waals surface area contributed by atoms with E-state index < -0.39 is 0 Å². The van der Waals surface area contributed by atoms with Crippen LogP contribution < -0.4 is 4.90 Å². The summed E-state index contributed by atoms with van der Waals surface area (Å²) in [6.45, 7) is 4.38. The second kappa shape index (κ2) is 9.44. The Bertz CT molecular complexity index is 1260. The fourth-order valence-corrected chi connectivity index (χ4v) is 6.05. The summed E-state index contributed by atoms with van der Waals surface area (Å²) in [4.78, 5) is 23.2. The summed E-state index contributed by atoms with van der Waals surface area (Å²) in [5.41, 5.74) is 4.66. The molecule has 0 unspecified atom stereocenters. The molecule has 1 saturated carbocycles. The number of likely N-dealkylation sites (tertiary alicyclic amines) is 1. The molecule has 0 amide bonds. The van der Waals surface area contributed by atoms with Crippen LogP contribution >= 0.6 is 11.6 Å². The number of benzene rings is 2. The second-order valence-electron chi connectivity index (χ2n) is 10.4. The summed E-state index contributed by atoms with van der Waals surface area (Å²) in [5.74, 6) is 0.469. The van der Waals surface area contributed by atoms with Crippen LogP contribution in [-0.4, -0.2) is 53.0 Å². The van der Waals surface area contributed by atoms with Gasteiger partial charge >= 0.3 is 0 Å². The van der Waals surface area contributed by atoms with Gasteiger partial charge in [-0.2, -0.15) is 0 Å². The van der Waals surface area contributed by atoms with Gasteiger partial charge in [0.2, 0.25) is 0 Å². The van der Waals surface area contributed by atoms with Crippen molar-refractivity contribution in [3.05, 3.63) is 53.2 Å². The van der Waals surface area contributed by atoms with E-state index in [0.29, 0.717) is 11.1 Å². The number of anilines is 1. The predicted molar refractivity (Wildman–Crippen MR) is 142 cm³/mol. The minimum absolute atomic E-state index is 0.0763. The number of carbonyl (C=O) groups excluding carboxylic acids is 1. The number of aromatic nitrogens is 1. The number of Topliss-reactive ketones (excluding diaryl/α,β-unsaturated/α-hetero) is 1. The van der Waals surface area contributed by atoms with Crippen molar-refractivity contribution in [1.29, 1.82) is 0 Å². The minimum Gasteiger partial charge on any atom is -0.506 e. The fourth-order valence-electron chi connectivity index (χ4n) is 5.87. The number of piperidine rings is 2. The van der Waals surface area contributed by atoms with E-state index in [1.54, 1.807) is 12.1 Å². The summed E-state index contributed by atoms with van der Waals surface area (Å²) in [6, 6.07) is 12.1. The van der Waals surface area contributed by atoms with Crippen LogP contribution in [0, 0.1) is 5.92 Å². The van der Waals surface area contributed by atoms with Gasteiger partial charge in [0.15, 0.2) is 5.78 Å². The molecular weight excluding hydrogens is 458 g/mol. The number of rotatable bonds is 5. The van der Waals surface area contributed by atoms with Gasteiger partial charge in [0, 0.05) is 36.6 Å². The SMILES string of the molecule is O=C(c1cnc2ccc(-c3ccc(O)c(Cl)c3)cc2c1N1CCC(N2CCCCC2)CC1)C1CC1. The van der Waals surface area contributed by atoms with Crippen molar-refractivity contribution in [2.45, 2.75) is 51.0 Å². The molecule has 0 atom stereocenters. The van der Waals surface area contributed by atoms with Gasteiger partial charge in [0.25, 0.3) is 0 Å². The fraction of sp³-hybridized carbons (Fsp3) is 0.448. The number of aromatic hydroxyl groups is 1. The van der Waals surface area contributed by atoms with Crippen molar-refractivity contribution >= 4 is 34.0 Å². The highest BCUT2D eigenvalue weighted by molar-refractivity contribution is 6.32. The summed E-state index contributed by atoms with van der Waals surface area (Å²) >= 11 is 6.20. The molecule has 6 rings (SSSR count). The van der Waals surface area contributed by atoms with E-state index in [4.69, 9.17) is 16.6 Å². The van der Waals surface area contributed by atoms with Crippen LogP contribution in [0.25, 0.3) is 22.0 Å². The normalized spacial score (nSPS) is 19.9. The van der Waals surface area contributed by atoms with Crippen LogP contribution in [0.4, 0.5) is 5.69 Å². The Hall–Kier alpha value is -2.63. The van der Waals surface area contributed by atoms with Crippen LogP contribution in [0.5, 0.6) is 5.75 Å². The van der Waals surface area contributed by atoms with Gasteiger partial charge in [0.1, 0.15) is 5.75 Å². The molecule has 1 N–H and O–H groups in total. The lowest BCUT2D eigenvalue weighted by Crippen LogP contribution is -2.47. The van der Waals surface area contributed by atoms with E-state index >= 15 is 0 Å². The molecule has 2 aliphatic heterocycles. The van der Waals surface area contributed by atoms with E-state index in [1.807, 2.05) is 24.4 Å². The van der Waals surface area contributed by atoms with Gasteiger partial charge in [-0.15, -0.1) is 0 Å². The standard InChI is InChI=1S/C29H32ClN3O2/c30-25-17-21(7-9-27(25)34)20-6-8-26-23(16-20)28(24(18-31-26)29(35)19-4-5-19)33-14-10-22(11-15-33)32-12-2-1-3-13-32/h6-9,16-19,22,34H,1-5,10-15H2. The molecule has 0 bridgehead atoms. The quantitative estimate of drug-likeness (QED) is 0.426. The number of carbonyl (C=O) groups is 1. The first kappa shape index (κ1) is 22.8. The smallest absolute Gasteiger partial charge is 0.169 e. The lowest BCUT2D eigenvalue weighted by atomic mass is 9.95. The third kappa shape index (κ3) is 4.52. The summed E-state index contributed by atoms with van der Waals surface area (Å²) in [7, 11) is 0. The summed E-state index contributed by atoms with van der Waals surface area (Å²) in [5, 5.41) is 11.2. The average Bonchev–Trinajstić information content (AvgIpc) is 3.75. The van der Waals surface area contributed by atoms with Crippen molar-refractivity contribution in [2.24, 2.45) is 5.92 Å². The highest BCUT2D eigenvalue weighted by atomic mass is 35.5. The third-order valence-corrected chi connectivity index (χ3v) is 8.32. The number of hydrogen-bond acceptors (Lipinski definition) is 5. The third-order valence-electron chi connectivity index (χ3n) is 8.02. The maximum Gasteiger partial charge on any atom is 0.169 e. The number of halogens is 1. The van der Waals surface area contributed by atoms with E-state index in [9.17, 15) is 9.90 Å². The Morgan fingerprint density at radius 1 is 0.914 bits per heavy atom. The summed E-state index contributed by atoms with van der Waals surface area (Å²) in [6.07, 6.45) is 10.0. The number of ketones is 1. The molecule has 1 aromatic heterocycles. The van der Waals surface area contributed by atoms with Crippen molar-refractivity contribution in [3.63, 3.8) is 0 Å². The number of fused-ring (bicyclic) bond motifs is 1. The van der Waals surface area contributed by atoms with Crippen molar-refractivity contribution in [1.82, 2.24) is 9.88 Å². The van der Waals surface area contributed by atoms with Gasteiger partial charge in [-0.3, -0.25) is 9.78 Å². The minimum atomic E-state index is 0.0763. The number of hydrogen-bond donors (Lipinski definition) is 1. The molecule has 0 spiro atoms. The van der Waals surface area contributed by atoms with E-state index in [0.717, 1.165) is 72.1 Å². The number of pyridine rings is 1. The molecule has 35 heavy (non-hydrogen) atoms. The maximum atomic E-state index is 13.3. The Balaban J connectivity index is 1.38. The molecule has 5 nitrogen and oxygen atoms in total. The van der Waals surface area contributed by atoms with Gasteiger partial charge in [-0.05, 0) is 87.0 Å². The molecule has 182 valence electrons. The maximum absolute atomic E-state index is 13.3. The number of phenols is 1. The topological polar surface area (TPSA) is 56.7 Å². The van der Waals surface area contributed by atoms with Gasteiger partial charge < -0.3 is 14.9 Å². The van der Waals surface area contributed by atoms with Crippen LogP contribution in [0.2, 0.25) is 5.02 Å². The van der Waals surface area contributed by atoms with Crippen molar-refractivity contribution in [3.8, 4) is 16.9 Å². The molecule has 3 aromatic rings. The van der Waals surface area contributed by atoms with E-state index in [1.165, 1.54) is 32.4 Å². The zero-order valence-corrected chi connectivity index (χ0v) is 20.8. The second-order valence-corrected chi connectivity index (χ2v) is 10.8. The highest BCUT2D eigenvalue weighted by Gasteiger charge is 2.35. The Morgan fingerprint density at radius 2 is 1.63 bits per heavy atom. The monoisotopic (exact) mass is 489 g/mol. The lowest BCUT2D eigenvalue weighted by molar-refractivity contribution is 0.0967. The van der Waals surface area contributed by atoms with Gasteiger partial charge in [-0.25, -0.2) is 0 Å². The number of nitrogens with zero attached hydrogens (tertiary/aromatic N) is 3. The molecular formula is C29H32ClN3O2. The van der Waals surface area contributed by atoms with E-state index in [-0.39, 0.29) is 17.5 Å². The highest BCUT2D eigenvalue weighted by Crippen LogP contribution is 2.40. The molecule has 3 aliphatic rings. The first-order chi connectivity index (χ1) is 17.1. The molecule has 3 heterocycles. The van der Waals surface area contributed by atoms with Gasteiger partial charge in [-0.1, -0.05) is 30.2 Å². The molecule has 2 aromatic carbocycles. The zero-order chi connectivity index (χ0) is 23.9. The summed E-state index contributed by atoms with van der Waals surface area (Å²) < 4.78 is 0. The zero-order valence-electron chi connectivity index (χ0n) is 20.0. The molecule has 0 radical (unpaired) electrons. The van der Waals surface area contributed by atoms with Crippen LogP contribution in [0.1, 0.15) is 55.3 Å². The first-order valence-electron chi connectivity index (χ1n) is 13.0. The largest absolute Gasteiger partial charge is 0.506 e. The van der Waals surface area contributed by atoms with Crippen LogP contribution in [0.15, 0.2) is 42.6 Å². The Kier molecular flexibility index (Phi) is 6.15. The Morgan fingerprint density at radius 3 is 2.34 bits per heavy atom. The molecule has 3 fully saturated rings. The first-order valence-corrected chi connectivity index (χ1v) is 13.4. The van der Waals surface area contributed by atoms with Gasteiger partial charge in [0.05, 0.1) is 21.8 Å². The van der Waals surface area contributed by atoms with Crippen molar-refractivity contribution < 1.29 is 9.90 Å². The van der Waals surface area contributed by atoms with Crippen LogP contribution in [-0.2, 0) is 0 Å². The lowest BCUT2D eigenvalue weighted by Gasteiger charge is -2.41. The van der Waals surface area contributed by atoms with Crippen LogP contribution in [0.3, 0.4) is 0 Å². The molecule has 6 heteroatoms. The number of phenolic OH excluding ortho intramolecular Hbond substituents is 1. The van der Waals surface area contributed by atoms with Crippen molar-refractivity contribution in [2.75, 3.05) is 31.1 Å². The molecule has 1 aliphatic carbocycles.